The topological polar surface area (TPSA) is 12.4 Å². The van der Waals surface area contributed by atoms with Gasteiger partial charge >= 0.3 is 0 Å². The van der Waals surface area contributed by atoms with Gasteiger partial charge < -0.3 is 0 Å². The van der Waals surface area contributed by atoms with Crippen molar-refractivity contribution in [3.63, 3.8) is 0 Å². The molecule has 3 rings (SSSR count). The number of nitrogens with zero attached hydrogens (tertiary/aromatic N) is 1. The Bertz CT molecular complexity index is 538. The van der Waals surface area contributed by atoms with Crippen molar-refractivity contribution in [3.8, 4) is 0 Å². The monoisotopic (exact) mass is 251 g/mol. The summed E-state index contributed by atoms with van der Waals surface area (Å²) in [6.07, 6.45) is 21.7. The van der Waals surface area contributed by atoms with Crippen LogP contribution in [-0.4, -0.2) is 11.8 Å². The number of allylic oxidation sites excluding steroid dienone is 7. The maximum absolute atomic E-state index is 4.83. The van der Waals surface area contributed by atoms with Crippen LogP contribution in [0.1, 0.15) is 39.0 Å². The Kier molecular flexibility index (Phi) is 3.63. The van der Waals surface area contributed by atoms with Crippen LogP contribution in [0, 0.1) is 0 Å². The summed E-state index contributed by atoms with van der Waals surface area (Å²) in [6, 6.07) is 0.336. The van der Waals surface area contributed by atoms with Gasteiger partial charge in [-0.2, -0.15) is 0 Å². The van der Waals surface area contributed by atoms with Crippen molar-refractivity contribution in [1.82, 2.24) is 0 Å². The molecule has 0 spiro atoms. The molecule has 1 heteroatoms. The summed E-state index contributed by atoms with van der Waals surface area (Å²) in [5, 5.41) is 0. The van der Waals surface area contributed by atoms with Gasteiger partial charge in [0, 0.05) is 5.71 Å². The van der Waals surface area contributed by atoms with Gasteiger partial charge in [0.1, 0.15) is 0 Å². The summed E-state index contributed by atoms with van der Waals surface area (Å²) in [7, 11) is 0. The highest BCUT2D eigenvalue weighted by Crippen LogP contribution is 2.31. The van der Waals surface area contributed by atoms with E-state index >= 15 is 0 Å². The van der Waals surface area contributed by atoms with Crippen molar-refractivity contribution in [2.45, 2.75) is 45.1 Å². The number of aliphatic imine (C=N–C) groups is 1. The van der Waals surface area contributed by atoms with Crippen molar-refractivity contribution in [1.29, 1.82) is 0 Å². The lowest BCUT2D eigenvalue weighted by Gasteiger charge is -2.24. The van der Waals surface area contributed by atoms with Gasteiger partial charge in [0.15, 0.2) is 0 Å². The van der Waals surface area contributed by atoms with Crippen LogP contribution in [0.15, 0.2) is 64.2 Å². The van der Waals surface area contributed by atoms with Crippen molar-refractivity contribution in [2.75, 3.05) is 0 Å². The molecule has 3 aliphatic rings. The van der Waals surface area contributed by atoms with Gasteiger partial charge in [0.05, 0.1) is 6.04 Å². The average Bonchev–Trinajstić information content (AvgIpc) is 2.48. The first-order valence-electron chi connectivity index (χ1n) is 7.30. The van der Waals surface area contributed by atoms with Gasteiger partial charge in [-0.15, -0.1) is 0 Å². The summed E-state index contributed by atoms with van der Waals surface area (Å²) >= 11 is 0. The third kappa shape index (κ3) is 2.86. The fourth-order valence-corrected chi connectivity index (χ4v) is 3.02. The van der Waals surface area contributed by atoms with Gasteiger partial charge in [0.25, 0.3) is 0 Å². The first-order valence-corrected chi connectivity index (χ1v) is 7.30. The zero-order valence-electron chi connectivity index (χ0n) is 11.6. The average molecular weight is 251 g/mol. The third-order valence-electron chi connectivity index (χ3n) is 3.99. The molecule has 1 heterocycles. The minimum Gasteiger partial charge on any atom is -0.282 e. The fourth-order valence-electron chi connectivity index (χ4n) is 3.02. The third-order valence-corrected chi connectivity index (χ3v) is 3.99. The van der Waals surface area contributed by atoms with E-state index in [2.05, 4.69) is 49.5 Å². The molecule has 0 N–H and O–H groups in total. The summed E-state index contributed by atoms with van der Waals surface area (Å²) in [5.74, 6) is 0. The number of hydrogen-bond acceptors (Lipinski definition) is 1. The van der Waals surface area contributed by atoms with Gasteiger partial charge in [0.2, 0.25) is 0 Å². The molecule has 0 aromatic carbocycles. The number of dihydropyridines is 1. The summed E-state index contributed by atoms with van der Waals surface area (Å²) in [6.45, 7) is 2.12. The maximum atomic E-state index is 4.83. The van der Waals surface area contributed by atoms with E-state index < -0.39 is 0 Å². The van der Waals surface area contributed by atoms with E-state index in [0.717, 1.165) is 6.42 Å². The first kappa shape index (κ1) is 12.4. The molecule has 19 heavy (non-hydrogen) atoms. The Labute approximate surface area is 115 Å². The Morgan fingerprint density at radius 1 is 1.11 bits per heavy atom. The molecule has 0 saturated carbocycles. The highest BCUT2D eigenvalue weighted by atomic mass is 14.8. The molecule has 1 atom stereocenters. The van der Waals surface area contributed by atoms with E-state index in [-0.39, 0.29) is 0 Å². The Balaban J connectivity index is 1.83. The van der Waals surface area contributed by atoms with Gasteiger partial charge in [-0.1, -0.05) is 36.5 Å². The number of rotatable bonds is 2. The second-order valence-corrected chi connectivity index (χ2v) is 5.50. The molecule has 0 aromatic rings. The number of hydrogen-bond donors (Lipinski definition) is 0. The lowest BCUT2D eigenvalue weighted by molar-refractivity contribution is 0.747. The van der Waals surface area contributed by atoms with Crippen LogP contribution in [0.3, 0.4) is 0 Å². The van der Waals surface area contributed by atoms with Gasteiger partial charge in [-0.3, -0.25) is 4.99 Å². The Morgan fingerprint density at radius 2 is 2.05 bits per heavy atom. The normalized spacial score (nSPS) is 26.5. The minimum absolute atomic E-state index is 0.336. The molecule has 0 aromatic heterocycles. The molecule has 0 fully saturated rings. The molecule has 1 nitrogen and oxygen atoms in total. The van der Waals surface area contributed by atoms with Crippen LogP contribution in [0.2, 0.25) is 0 Å². The predicted molar refractivity (Wildman–Crippen MR) is 82.5 cm³/mol. The van der Waals surface area contributed by atoms with Crippen molar-refractivity contribution in [2.24, 2.45) is 4.99 Å². The van der Waals surface area contributed by atoms with Crippen LogP contribution < -0.4 is 0 Å². The summed E-state index contributed by atoms with van der Waals surface area (Å²) < 4.78 is 0. The molecular weight excluding hydrogens is 230 g/mol. The van der Waals surface area contributed by atoms with Crippen LogP contribution in [0.5, 0.6) is 0 Å². The second kappa shape index (κ2) is 5.56. The molecule has 1 unspecified atom stereocenters. The second-order valence-electron chi connectivity index (χ2n) is 5.50. The predicted octanol–water partition coefficient (Wildman–Crippen LogP) is 4.70. The minimum atomic E-state index is 0.336. The molecule has 0 amide bonds. The molecule has 2 aliphatic carbocycles. The molecule has 0 radical (unpaired) electrons. The quantitative estimate of drug-likeness (QED) is 0.674. The summed E-state index contributed by atoms with van der Waals surface area (Å²) in [5.41, 5.74) is 5.56. The highest BCUT2D eigenvalue weighted by Gasteiger charge is 2.20. The van der Waals surface area contributed by atoms with E-state index in [4.69, 9.17) is 4.99 Å². The molecular formula is C18H21N. The van der Waals surface area contributed by atoms with E-state index in [1.165, 1.54) is 48.1 Å². The first-order chi connectivity index (χ1) is 9.33. The van der Waals surface area contributed by atoms with Crippen molar-refractivity contribution in [3.05, 3.63) is 59.3 Å². The SMILES string of the molecule is CC1=NC(C2=CCCC=C2)CC(C2=CC=CCC2)=C1. The largest absolute Gasteiger partial charge is 0.282 e. The van der Waals surface area contributed by atoms with Crippen LogP contribution in [-0.2, 0) is 0 Å². The van der Waals surface area contributed by atoms with Crippen molar-refractivity contribution >= 4 is 5.71 Å². The highest BCUT2D eigenvalue weighted by molar-refractivity contribution is 5.95. The zero-order chi connectivity index (χ0) is 13.1. The zero-order valence-corrected chi connectivity index (χ0v) is 11.6. The molecule has 1 aliphatic heterocycles. The van der Waals surface area contributed by atoms with Gasteiger partial charge in [-0.25, -0.2) is 0 Å². The summed E-state index contributed by atoms with van der Waals surface area (Å²) in [4.78, 5) is 4.83. The lowest BCUT2D eigenvalue weighted by atomic mass is 9.86. The van der Waals surface area contributed by atoms with E-state index in [0.29, 0.717) is 6.04 Å². The van der Waals surface area contributed by atoms with E-state index in [1.807, 2.05) is 0 Å². The van der Waals surface area contributed by atoms with Gasteiger partial charge in [-0.05, 0) is 61.8 Å². The Hall–Kier alpha value is -1.63. The maximum Gasteiger partial charge on any atom is 0.0789 e. The lowest BCUT2D eigenvalue weighted by Crippen LogP contribution is -2.17. The van der Waals surface area contributed by atoms with E-state index in [1.54, 1.807) is 0 Å². The van der Waals surface area contributed by atoms with E-state index in [9.17, 15) is 0 Å². The van der Waals surface area contributed by atoms with Crippen LogP contribution in [0.25, 0.3) is 0 Å². The molecule has 0 saturated heterocycles. The van der Waals surface area contributed by atoms with Crippen molar-refractivity contribution < 1.29 is 0 Å². The Morgan fingerprint density at radius 3 is 2.79 bits per heavy atom. The standard InChI is InChI=1S/C18H21N/c1-14-12-17(15-8-4-2-5-9-15)13-18(19-14)16-10-6-3-7-11-16/h2,4,6,8,10-12,18H,3,5,7,9,13H2,1H3. The molecule has 98 valence electrons. The van der Waals surface area contributed by atoms with Crippen LogP contribution in [0.4, 0.5) is 0 Å². The fraction of sp³-hybridized carbons (Fsp3) is 0.389. The smallest absolute Gasteiger partial charge is 0.0789 e. The van der Waals surface area contributed by atoms with Crippen LogP contribution >= 0.6 is 0 Å². The molecule has 0 bridgehead atoms.